The molecule has 122 valence electrons. The van der Waals surface area contributed by atoms with Crippen molar-refractivity contribution < 1.29 is 5.11 Å². The molecule has 0 aromatic heterocycles. The van der Waals surface area contributed by atoms with Crippen LogP contribution in [-0.2, 0) is 10.8 Å². The van der Waals surface area contributed by atoms with Crippen molar-refractivity contribution in [1.82, 2.24) is 4.41 Å². The largest absolute Gasteiger partial charge is 0.507 e. The molecule has 1 heterocycles. The molecule has 3 N–H and O–H groups in total. The molecule has 0 spiro atoms. The monoisotopic (exact) mass is 321 g/mol. The van der Waals surface area contributed by atoms with E-state index < -0.39 is 0 Å². The smallest absolute Gasteiger partial charge is 0.123 e. The van der Waals surface area contributed by atoms with Crippen molar-refractivity contribution in [3.63, 3.8) is 0 Å². The zero-order valence-electron chi connectivity index (χ0n) is 14.4. The number of hydrazine groups is 1. The predicted octanol–water partition coefficient (Wildman–Crippen LogP) is 3.57. The first kappa shape index (κ1) is 17.3. The average molecular weight is 321 g/mol. The SMILES string of the molecule is CC(C)(C)c1cc(C2=NCN(N)SC2)cc(C(C)(C)C)c1O. The quantitative estimate of drug-likeness (QED) is 0.613. The lowest BCUT2D eigenvalue weighted by Crippen LogP contribution is -2.30. The van der Waals surface area contributed by atoms with Gasteiger partial charge >= 0.3 is 0 Å². The van der Waals surface area contributed by atoms with Gasteiger partial charge in [-0.05, 0) is 28.5 Å². The summed E-state index contributed by atoms with van der Waals surface area (Å²) in [4.78, 5) is 4.57. The van der Waals surface area contributed by atoms with Crippen LogP contribution >= 0.6 is 11.9 Å². The van der Waals surface area contributed by atoms with Crippen LogP contribution < -0.4 is 5.84 Å². The molecule has 1 aromatic carbocycles. The van der Waals surface area contributed by atoms with Gasteiger partial charge in [-0.1, -0.05) is 53.5 Å². The van der Waals surface area contributed by atoms with Crippen LogP contribution in [0.5, 0.6) is 5.75 Å². The molecule has 1 aliphatic rings. The van der Waals surface area contributed by atoms with E-state index >= 15 is 0 Å². The number of phenolic OH excluding ortho intramolecular Hbond substituents is 1. The van der Waals surface area contributed by atoms with Crippen molar-refractivity contribution in [2.45, 2.75) is 52.4 Å². The molecule has 0 aliphatic carbocycles. The summed E-state index contributed by atoms with van der Waals surface area (Å²) in [6.45, 7) is 13.2. The summed E-state index contributed by atoms with van der Waals surface area (Å²) in [5.41, 5.74) is 3.83. The van der Waals surface area contributed by atoms with Crippen molar-refractivity contribution in [2.75, 3.05) is 12.4 Å². The molecule has 22 heavy (non-hydrogen) atoms. The molecule has 0 saturated heterocycles. The van der Waals surface area contributed by atoms with E-state index in [1.807, 2.05) is 0 Å². The summed E-state index contributed by atoms with van der Waals surface area (Å²) >= 11 is 1.57. The van der Waals surface area contributed by atoms with Gasteiger partial charge in [0.25, 0.3) is 0 Å². The van der Waals surface area contributed by atoms with E-state index in [-0.39, 0.29) is 10.8 Å². The number of rotatable bonds is 1. The van der Waals surface area contributed by atoms with Crippen LogP contribution in [0.2, 0.25) is 0 Å². The number of aromatic hydroxyl groups is 1. The highest BCUT2D eigenvalue weighted by molar-refractivity contribution is 7.97. The van der Waals surface area contributed by atoms with E-state index in [1.165, 1.54) is 0 Å². The summed E-state index contributed by atoms with van der Waals surface area (Å²) in [6, 6.07) is 4.16. The van der Waals surface area contributed by atoms with Gasteiger partial charge in [0.15, 0.2) is 0 Å². The Bertz CT molecular complexity index is 562. The summed E-state index contributed by atoms with van der Waals surface area (Å²) in [5.74, 6) is 6.92. The van der Waals surface area contributed by atoms with Gasteiger partial charge in [0.1, 0.15) is 12.4 Å². The fraction of sp³-hybridized carbons (Fsp3) is 0.588. The Morgan fingerprint density at radius 1 is 1.09 bits per heavy atom. The number of nitrogens with zero attached hydrogens (tertiary/aromatic N) is 2. The second-order valence-electron chi connectivity index (χ2n) is 7.86. The molecule has 1 aromatic rings. The van der Waals surface area contributed by atoms with Gasteiger partial charge in [0.05, 0.1) is 11.5 Å². The molecule has 0 atom stereocenters. The van der Waals surface area contributed by atoms with Crippen LogP contribution in [0.15, 0.2) is 17.1 Å². The lowest BCUT2D eigenvalue weighted by Gasteiger charge is -2.29. The van der Waals surface area contributed by atoms with Crippen LogP contribution in [0.4, 0.5) is 0 Å². The minimum atomic E-state index is -0.123. The Morgan fingerprint density at radius 2 is 1.59 bits per heavy atom. The van der Waals surface area contributed by atoms with Crippen LogP contribution in [0.1, 0.15) is 58.2 Å². The molecular weight excluding hydrogens is 294 g/mol. The van der Waals surface area contributed by atoms with E-state index in [4.69, 9.17) is 5.84 Å². The van der Waals surface area contributed by atoms with Gasteiger partial charge in [-0.25, -0.2) is 0 Å². The molecule has 0 amide bonds. The molecule has 0 bridgehead atoms. The second kappa shape index (κ2) is 5.87. The summed E-state index contributed by atoms with van der Waals surface area (Å²) < 4.78 is 1.64. The Kier molecular flexibility index (Phi) is 4.62. The van der Waals surface area contributed by atoms with Crippen LogP contribution in [0.25, 0.3) is 0 Å². The van der Waals surface area contributed by atoms with E-state index in [2.05, 4.69) is 58.7 Å². The Labute approximate surface area is 137 Å². The third kappa shape index (κ3) is 3.65. The van der Waals surface area contributed by atoms with Crippen molar-refractivity contribution in [3.8, 4) is 5.75 Å². The number of nitrogens with two attached hydrogens (primary N) is 1. The van der Waals surface area contributed by atoms with E-state index in [0.717, 1.165) is 28.2 Å². The fourth-order valence-electron chi connectivity index (χ4n) is 2.50. The highest BCUT2D eigenvalue weighted by Crippen LogP contribution is 2.40. The van der Waals surface area contributed by atoms with Crippen molar-refractivity contribution in [1.29, 1.82) is 0 Å². The average Bonchev–Trinajstić information content (AvgIpc) is 2.37. The van der Waals surface area contributed by atoms with Crippen molar-refractivity contribution in [2.24, 2.45) is 10.8 Å². The zero-order valence-corrected chi connectivity index (χ0v) is 15.2. The van der Waals surface area contributed by atoms with E-state index in [1.54, 1.807) is 16.4 Å². The molecule has 0 radical (unpaired) electrons. The van der Waals surface area contributed by atoms with E-state index in [0.29, 0.717) is 12.4 Å². The molecule has 0 unspecified atom stereocenters. The topological polar surface area (TPSA) is 61.8 Å². The standard InChI is InChI=1S/C17H27N3OS/c1-16(2,3)12-7-11(14-9-22-20(18)10-19-14)8-13(15(12)21)17(4,5)6/h7-8,21H,9-10,18H2,1-6H3. The van der Waals surface area contributed by atoms with Crippen molar-refractivity contribution in [3.05, 3.63) is 28.8 Å². The van der Waals surface area contributed by atoms with Gasteiger partial charge in [-0.15, -0.1) is 0 Å². The zero-order chi connectivity index (χ0) is 16.7. The summed E-state index contributed by atoms with van der Waals surface area (Å²) in [7, 11) is 0. The van der Waals surface area contributed by atoms with Gasteiger partial charge in [0.2, 0.25) is 0 Å². The van der Waals surface area contributed by atoms with Gasteiger partial charge in [-0.3, -0.25) is 10.8 Å². The molecule has 2 rings (SSSR count). The minimum Gasteiger partial charge on any atom is -0.507 e. The second-order valence-corrected chi connectivity index (χ2v) is 8.87. The molecule has 0 fully saturated rings. The summed E-state index contributed by atoms with van der Waals surface area (Å²) in [6.07, 6.45) is 0. The molecular formula is C17H27N3OS. The van der Waals surface area contributed by atoms with Crippen molar-refractivity contribution >= 4 is 17.7 Å². The lowest BCUT2D eigenvalue weighted by atomic mass is 9.78. The molecule has 0 saturated carbocycles. The number of hydrogen-bond donors (Lipinski definition) is 2. The maximum absolute atomic E-state index is 10.8. The maximum atomic E-state index is 10.8. The Hall–Kier alpha value is -1.04. The van der Waals surface area contributed by atoms with Gasteiger partial charge in [0, 0.05) is 11.1 Å². The first-order valence-corrected chi connectivity index (χ1v) is 8.51. The first-order chi connectivity index (χ1) is 10.00. The van der Waals surface area contributed by atoms with Crippen LogP contribution in [-0.4, -0.2) is 27.7 Å². The first-order valence-electron chi connectivity index (χ1n) is 7.57. The Balaban J connectivity index is 2.61. The number of hydrogen-bond acceptors (Lipinski definition) is 5. The normalized spacial score (nSPS) is 17.5. The van der Waals surface area contributed by atoms with E-state index in [9.17, 15) is 5.11 Å². The highest BCUT2D eigenvalue weighted by atomic mass is 32.2. The molecule has 4 nitrogen and oxygen atoms in total. The molecule has 1 aliphatic heterocycles. The van der Waals surface area contributed by atoms with Crippen LogP contribution in [0.3, 0.4) is 0 Å². The third-order valence-corrected chi connectivity index (χ3v) is 4.68. The van der Waals surface area contributed by atoms with Gasteiger partial charge < -0.3 is 5.11 Å². The minimum absolute atomic E-state index is 0.123. The number of phenols is 1. The number of benzene rings is 1. The summed E-state index contributed by atoms with van der Waals surface area (Å²) in [5, 5.41) is 10.8. The molecule has 5 heteroatoms. The lowest BCUT2D eigenvalue weighted by molar-refractivity contribution is 0.423. The highest BCUT2D eigenvalue weighted by Gasteiger charge is 2.27. The number of aliphatic imine (C=N–C) groups is 1. The third-order valence-electron chi connectivity index (χ3n) is 3.83. The maximum Gasteiger partial charge on any atom is 0.123 e. The van der Waals surface area contributed by atoms with Gasteiger partial charge in [-0.2, -0.15) is 4.41 Å². The fourth-order valence-corrected chi connectivity index (χ4v) is 3.19. The predicted molar refractivity (Wildman–Crippen MR) is 95.4 cm³/mol. The Morgan fingerprint density at radius 3 is 1.95 bits per heavy atom. The van der Waals surface area contributed by atoms with Crippen LogP contribution in [0, 0.1) is 0 Å².